The third-order valence-corrected chi connectivity index (χ3v) is 4.03. The average molecular weight is 398 g/mol. The molecule has 0 unspecified atom stereocenters. The number of ether oxygens (including phenoxy) is 1. The van der Waals surface area contributed by atoms with Crippen molar-refractivity contribution in [1.29, 1.82) is 0 Å². The van der Waals surface area contributed by atoms with Gasteiger partial charge >= 0.3 is 12.1 Å². The van der Waals surface area contributed by atoms with Crippen LogP contribution >= 0.6 is 0 Å². The van der Waals surface area contributed by atoms with Crippen molar-refractivity contribution in [2.24, 2.45) is 0 Å². The van der Waals surface area contributed by atoms with Crippen LogP contribution in [0, 0.1) is 0 Å². The fraction of sp³-hybridized carbons (Fsp3) is 0.238. The number of carboxylic acids is 1. The smallest absolute Gasteiger partial charge is 0.408 e. The Morgan fingerprint density at radius 2 is 1.52 bits per heavy atom. The number of carbonyl (C=O) groups excluding carboxylic acids is 3. The van der Waals surface area contributed by atoms with Crippen LogP contribution in [0.4, 0.5) is 4.79 Å². The summed E-state index contributed by atoms with van der Waals surface area (Å²) in [7, 11) is 0. The molecule has 0 heterocycles. The molecule has 0 saturated carbocycles. The molecule has 8 nitrogen and oxygen atoms in total. The van der Waals surface area contributed by atoms with Gasteiger partial charge in [0.25, 0.3) is 0 Å². The lowest BCUT2D eigenvalue weighted by molar-refractivity contribution is -0.140. The average Bonchev–Trinajstić information content (AvgIpc) is 2.70. The molecule has 2 amide bonds. The molecule has 2 aromatic rings. The third kappa shape index (κ3) is 7.10. The van der Waals surface area contributed by atoms with Crippen molar-refractivity contribution in [2.75, 3.05) is 0 Å². The standard InChI is InChI=1S/C21H22N2O6/c1-14(24)19(16-10-6-3-7-11-16)23-20(27)17(12-18(25)26)22-21(28)29-13-15-8-4-2-5-9-15/h2-11,17,19H,12-13H2,1H3,(H,22,28)(H,23,27)(H,25,26)/t17-,19+/m0/s1. The van der Waals surface area contributed by atoms with Gasteiger partial charge in [0.05, 0.1) is 6.42 Å². The third-order valence-electron chi connectivity index (χ3n) is 4.03. The molecule has 0 saturated heterocycles. The molecule has 0 spiro atoms. The summed E-state index contributed by atoms with van der Waals surface area (Å²) in [5.41, 5.74) is 1.29. The van der Waals surface area contributed by atoms with Gasteiger partial charge in [0.2, 0.25) is 5.91 Å². The van der Waals surface area contributed by atoms with E-state index in [1.807, 2.05) is 6.07 Å². The summed E-state index contributed by atoms with van der Waals surface area (Å²) in [6.45, 7) is 1.28. The number of hydrogen-bond acceptors (Lipinski definition) is 5. The van der Waals surface area contributed by atoms with Crippen LogP contribution < -0.4 is 10.6 Å². The Morgan fingerprint density at radius 3 is 2.07 bits per heavy atom. The number of benzene rings is 2. The Bertz CT molecular complexity index is 854. The number of amides is 2. The molecule has 3 N–H and O–H groups in total. The molecular weight excluding hydrogens is 376 g/mol. The number of carboxylic acid groups (broad SMARTS) is 1. The van der Waals surface area contributed by atoms with Gasteiger partial charge in [-0.2, -0.15) is 0 Å². The van der Waals surface area contributed by atoms with Gasteiger partial charge in [-0.1, -0.05) is 60.7 Å². The number of nitrogens with one attached hydrogen (secondary N) is 2. The predicted molar refractivity (Wildman–Crippen MR) is 104 cm³/mol. The zero-order valence-corrected chi connectivity index (χ0v) is 15.8. The molecule has 152 valence electrons. The van der Waals surface area contributed by atoms with E-state index in [-0.39, 0.29) is 12.4 Å². The Hall–Kier alpha value is -3.68. The molecule has 0 aliphatic heterocycles. The van der Waals surface area contributed by atoms with Gasteiger partial charge in [0.1, 0.15) is 18.7 Å². The van der Waals surface area contributed by atoms with Gasteiger partial charge < -0.3 is 20.5 Å². The van der Waals surface area contributed by atoms with Gasteiger partial charge in [-0.05, 0) is 18.1 Å². The molecule has 0 bridgehead atoms. The second-order valence-corrected chi connectivity index (χ2v) is 6.32. The minimum absolute atomic E-state index is 0.0336. The Balaban J connectivity index is 2.03. The molecule has 0 aromatic heterocycles. The highest BCUT2D eigenvalue weighted by Crippen LogP contribution is 2.14. The van der Waals surface area contributed by atoms with E-state index in [2.05, 4.69) is 10.6 Å². The van der Waals surface area contributed by atoms with Crippen LogP contribution in [0.25, 0.3) is 0 Å². The molecule has 8 heteroatoms. The van der Waals surface area contributed by atoms with Crippen LogP contribution in [-0.4, -0.2) is 34.9 Å². The van der Waals surface area contributed by atoms with Gasteiger partial charge in [-0.3, -0.25) is 14.4 Å². The number of Topliss-reactive ketones (excluding diaryl/α,β-unsaturated/α-hetero) is 1. The minimum atomic E-state index is -1.40. The summed E-state index contributed by atoms with van der Waals surface area (Å²) < 4.78 is 5.04. The topological polar surface area (TPSA) is 122 Å². The monoisotopic (exact) mass is 398 g/mol. The number of rotatable bonds is 9. The molecular formula is C21H22N2O6. The van der Waals surface area contributed by atoms with E-state index >= 15 is 0 Å². The van der Waals surface area contributed by atoms with E-state index in [1.54, 1.807) is 54.6 Å². The lowest BCUT2D eigenvalue weighted by Crippen LogP contribution is -2.49. The van der Waals surface area contributed by atoms with E-state index < -0.39 is 36.5 Å². The second-order valence-electron chi connectivity index (χ2n) is 6.32. The maximum Gasteiger partial charge on any atom is 0.408 e. The van der Waals surface area contributed by atoms with Crippen LogP contribution in [0.2, 0.25) is 0 Å². The first-order chi connectivity index (χ1) is 13.9. The Labute approximate surface area is 167 Å². The molecule has 2 aromatic carbocycles. The molecule has 0 radical (unpaired) electrons. The van der Waals surface area contributed by atoms with Crippen molar-refractivity contribution < 1.29 is 29.0 Å². The lowest BCUT2D eigenvalue weighted by Gasteiger charge is -2.21. The zero-order chi connectivity index (χ0) is 21.2. The van der Waals surface area contributed by atoms with Crippen molar-refractivity contribution in [1.82, 2.24) is 10.6 Å². The Kier molecular flexibility index (Phi) is 7.90. The summed E-state index contributed by atoms with van der Waals surface area (Å²) in [6.07, 6.45) is -1.60. The number of aliphatic carboxylic acids is 1. The number of hydrogen-bond donors (Lipinski definition) is 3. The van der Waals surface area contributed by atoms with Crippen molar-refractivity contribution in [3.8, 4) is 0 Å². The number of ketones is 1. The quantitative estimate of drug-likeness (QED) is 0.595. The predicted octanol–water partition coefficient (Wildman–Crippen LogP) is 2.20. The summed E-state index contributed by atoms with van der Waals surface area (Å²) in [6, 6.07) is 15.1. The van der Waals surface area contributed by atoms with Crippen molar-refractivity contribution in [3.63, 3.8) is 0 Å². The van der Waals surface area contributed by atoms with Gasteiger partial charge in [0, 0.05) is 0 Å². The second kappa shape index (κ2) is 10.6. The van der Waals surface area contributed by atoms with Crippen LogP contribution in [0.1, 0.15) is 30.5 Å². The fourth-order valence-corrected chi connectivity index (χ4v) is 2.60. The normalized spacial score (nSPS) is 12.3. The molecule has 29 heavy (non-hydrogen) atoms. The summed E-state index contributed by atoms with van der Waals surface area (Å²) in [5, 5.41) is 13.8. The highest BCUT2D eigenvalue weighted by molar-refractivity contribution is 5.93. The van der Waals surface area contributed by atoms with Crippen molar-refractivity contribution in [3.05, 3.63) is 71.8 Å². The maximum atomic E-state index is 12.6. The first-order valence-corrected chi connectivity index (χ1v) is 8.91. The van der Waals surface area contributed by atoms with E-state index in [0.29, 0.717) is 5.56 Å². The molecule has 2 atom stereocenters. The maximum absolute atomic E-state index is 12.6. The summed E-state index contributed by atoms with van der Waals surface area (Å²) >= 11 is 0. The largest absolute Gasteiger partial charge is 0.481 e. The van der Waals surface area contributed by atoms with Crippen LogP contribution in [-0.2, 0) is 25.7 Å². The van der Waals surface area contributed by atoms with E-state index in [9.17, 15) is 19.2 Å². The van der Waals surface area contributed by atoms with Crippen molar-refractivity contribution >= 4 is 23.8 Å². The van der Waals surface area contributed by atoms with E-state index in [1.165, 1.54) is 6.92 Å². The van der Waals surface area contributed by atoms with Gasteiger partial charge in [0.15, 0.2) is 5.78 Å². The molecule has 0 aliphatic carbocycles. The number of carbonyl (C=O) groups is 4. The first-order valence-electron chi connectivity index (χ1n) is 8.91. The lowest BCUT2D eigenvalue weighted by atomic mass is 10.0. The first kappa shape index (κ1) is 21.6. The van der Waals surface area contributed by atoms with E-state index in [4.69, 9.17) is 9.84 Å². The molecule has 2 rings (SSSR count). The number of alkyl carbamates (subject to hydrolysis) is 1. The van der Waals surface area contributed by atoms with Crippen LogP contribution in [0.3, 0.4) is 0 Å². The fourth-order valence-electron chi connectivity index (χ4n) is 2.60. The molecule has 0 fully saturated rings. The van der Waals surface area contributed by atoms with E-state index in [0.717, 1.165) is 5.56 Å². The van der Waals surface area contributed by atoms with Crippen molar-refractivity contribution in [2.45, 2.75) is 32.0 Å². The van der Waals surface area contributed by atoms with Crippen LogP contribution in [0.5, 0.6) is 0 Å². The highest BCUT2D eigenvalue weighted by Gasteiger charge is 2.28. The zero-order valence-electron chi connectivity index (χ0n) is 15.8. The molecule has 0 aliphatic rings. The minimum Gasteiger partial charge on any atom is -0.481 e. The highest BCUT2D eigenvalue weighted by atomic mass is 16.5. The SMILES string of the molecule is CC(=O)[C@@H](NC(=O)[C@H](CC(=O)O)NC(=O)OCc1ccccc1)c1ccccc1. The van der Waals surface area contributed by atoms with Gasteiger partial charge in [-0.15, -0.1) is 0 Å². The van der Waals surface area contributed by atoms with Crippen LogP contribution in [0.15, 0.2) is 60.7 Å². The summed E-state index contributed by atoms with van der Waals surface area (Å²) in [4.78, 5) is 47.7. The Morgan fingerprint density at radius 1 is 0.931 bits per heavy atom. The van der Waals surface area contributed by atoms with Gasteiger partial charge in [-0.25, -0.2) is 4.79 Å². The summed E-state index contributed by atoms with van der Waals surface area (Å²) in [5.74, 6) is -2.41.